The molecule has 5 nitrogen and oxygen atoms in total. The average Bonchev–Trinajstić information content (AvgIpc) is 3.33. The van der Waals surface area contributed by atoms with Crippen molar-refractivity contribution in [1.29, 1.82) is 0 Å². The Morgan fingerprint density at radius 2 is 1.93 bits per heavy atom. The maximum Gasteiger partial charge on any atom is 0.416 e. The molecule has 0 unspecified atom stereocenters. The van der Waals surface area contributed by atoms with Crippen LogP contribution in [0.15, 0.2) is 66.2 Å². The van der Waals surface area contributed by atoms with E-state index in [4.69, 9.17) is 0 Å². The van der Waals surface area contributed by atoms with Crippen LogP contribution < -0.4 is 5.32 Å². The first kappa shape index (κ1) is 20.9. The minimum Gasteiger partial charge on any atom is -0.395 e. The number of nitrogens with zero attached hydrogens (tertiary/aromatic N) is 3. The number of rotatable bonds is 3. The highest BCUT2D eigenvalue weighted by atomic mass is 79.9. The normalized spacial score (nSPS) is 13.2. The molecule has 0 spiro atoms. The highest BCUT2D eigenvalue weighted by Gasteiger charge is 2.30. The second-order valence-corrected chi connectivity index (χ2v) is 7.14. The molecule has 0 radical (unpaired) electrons. The third kappa shape index (κ3) is 5.83. The van der Waals surface area contributed by atoms with E-state index in [2.05, 4.69) is 36.2 Å². The van der Waals surface area contributed by atoms with E-state index in [-0.39, 0.29) is 0 Å². The Balaban J connectivity index is 0.000000343. The second kappa shape index (κ2) is 9.13. The van der Waals surface area contributed by atoms with Gasteiger partial charge in [-0.15, -0.1) is 0 Å². The SMILES string of the molecule is BrC1=NOCC1.Cn1cnc(-c2ccccc2Nc2cccc(C(F)(F)F)c2)c1. The Morgan fingerprint density at radius 1 is 1.14 bits per heavy atom. The van der Waals surface area contributed by atoms with Gasteiger partial charge in [0.2, 0.25) is 0 Å². The molecule has 1 aromatic heterocycles. The molecule has 2 heterocycles. The summed E-state index contributed by atoms with van der Waals surface area (Å²) in [5.74, 6) is 0. The summed E-state index contributed by atoms with van der Waals surface area (Å²) in [4.78, 5) is 8.89. The Kier molecular flexibility index (Phi) is 6.58. The minimum absolute atomic E-state index is 0.378. The van der Waals surface area contributed by atoms with Crippen LogP contribution in [0.3, 0.4) is 0 Å². The monoisotopic (exact) mass is 466 g/mol. The number of alkyl halides is 3. The summed E-state index contributed by atoms with van der Waals surface area (Å²) in [6.45, 7) is 0.737. The lowest BCUT2D eigenvalue weighted by atomic mass is 10.1. The van der Waals surface area contributed by atoms with Crippen LogP contribution in [-0.4, -0.2) is 20.8 Å². The van der Waals surface area contributed by atoms with Crippen molar-refractivity contribution in [3.8, 4) is 11.3 Å². The van der Waals surface area contributed by atoms with E-state index in [9.17, 15) is 13.2 Å². The second-order valence-electron chi connectivity index (χ2n) is 6.22. The third-order valence-electron chi connectivity index (χ3n) is 3.94. The van der Waals surface area contributed by atoms with Crippen LogP contribution in [0.1, 0.15) is 12.0 Å². The van der Waals surface area contributed by atoms with E-state index >= 15 is 0 Å². The van der Waals surface area contributed by atoms with Crippen molar-refractivity contribution in [2.75, 3.05) is 11.9 Å². The van der Waals surface area contributed by atoms with Crippen LogP contribution in [0.5, 0.6) is 0 Å². The molecule has 0 saturated carbocycles. The van der Waals surface area contributed by atoms with Crippen LogP contribution >= 0.6 is 15.9 Å². The van der Waals surface area contributed by atoms with Gasteiger partial charge in [-0.05, 0) is 40.2 Å². The zero-order valence-electron chi connectivity index (χ0n) is 15.4. The average molecular weight is 467 g/mol. The van der Waals surface area contributed by atoms with Crippen LogP contribution in [0.25, 0.3) is 11.3 Å². The number of anilines is 2. The molecular formula is C20H18BrF3N4O. The summed E-state index contributed by atoms with van der Waals surface area (Å²) in [6, 6.07) is 12.5. The van der Waals surface area contributed by atoms with Crippen molar-refractivity contribution in [3.63, 3.8) is 0 Å². The van der Waals surface area contributed by atoms with Crippen molar-refractivity contribution in [2.24, 2.45) is 12.2 Å². The highest BCUT2D eigenvalue weighted by Crippen LogP contribution is 2.33. The molecule has 0 amide bonds. The van der Waals surface area contributed by atoms with Gasteiger partial charge in [0.05, 0.1) is 17.6 Å². The van der Waals surface area contributed by atoms with Gasteiger partial charge < -0.3 is 14.7 Å². The van der Waals surface area contributed by atoms with Crippen LogP contribution in [0.2, 0.25) is 0 Å². The fraction of sp³-hybridized carbons (Fsp3) is 0.200. The van der Waals surface area contributed by atoms with Gasteiger partial charge >= 0.3 is 6.18 Å². The molecule has 4 rings (SSSR count). The molecule has 0 saturated heterocycles. The number of aryl methyl sites for hydroxylation is 1. The summed E-state index contributed by atoms with van der Waals surface area (Å²) in [5.41, 5.74) is 1.97. The lowest BCUT2D eigenvalue weighted by Gasteiger charge is -2.13. The summed E-state index contributed by atoms with van der Waals surface area (Å²) < 4.78 is 41.2. The molecule has 9 heteroatoms. The van der Waals surface area contributed by atoms with Gasteiger partial charge in [0, 0.05) is 36.6 Å². The van der Waals surface area contributed by atoms with Gasteiger partial charge in [-0.3, -0.25) is 0 Å². The molecule has 3 aromatic rings. The summed E-state index contributed by atoms with van der Waals surface area (Å²) in [5, 5.41) is 6.61. The molecule has 1 aliphatic rings. The number of imidazole rings is 1. The Morgan fingerprint density at radius 3 is 2.52 bits per heavy atom. The number of nitrogens with one attached hydrogen (secondary N) is 1. The van der Waals surface area contributed by atoms with Gasteiger partial charge in [-0.2, -0.15) is 13.2 Å². The molecule has 29 heavy (non-hydrogen) atoms. The Hall–Kier alpha value is -2.81. The first-order valence-electron chi connectivity index (χ1n) is 8.69. The summed E-state index contributed by atoms with van der Waals surface area (Å²) in [7, 11) is 1.86. The van der Waals surface area contributed by atoms with E-state index in [0.717, 1.165) is 41.0 Å². The number of hydrogen-bond acceptors (Lipinski definition) is 4. The molecule has 1 N–H and O–H groups in total. The number of aromatic nitrogens is 2. The van der Waals surface area contributed by atoms with E-state index in [1.807, 2.05) is 42.1 Å². The number of benzene rings is 2. The number of halogens is 4. The quantitative estimate of drug-likeness (QED) is 0.517. The number of oxime groups is 1. The van der Waals surface area contributed by atoms with Crippen molar-refractivity contribution in [3.05, 3.63) is 66.6 Å². The first-order chi connectivity index (χ1) is 13.8. The maximum atomic E-state index is 12.8. The van der Waals surface area contributed by atoms with E-state index < -0.39 is 11.7 Å². The summed E-state index contributed by atoms with van der Waals surface area (Å²) >= 11 is 3.16. The van der Waals surface area contributed by atoms with E-state index in [0.29, 0.717) is 11.4 Å². The van der Waals surface area contributed by atoms with Crippen LogP contribution in [0.4, 0.5) is 24.5 Å². The highest BCUT2D eigenvalue weighted by molar-refractivity contribution is 9.18. The smallest absolute Gasteiger partial charge is 0.395 e. The zero-order valence-corrected chi connectivity index (χ0v) is 17.0. The largest absolute Gasteiger partial charge is 0.416 e. The van der Waals surface area contributed by atoms with E-state index in [1.165, 1.54) is 6.07 Å². The molecule has 1 aliphatic heterocycles. The lowest BCUT2D eigenvalue weighted by Crippen LogP contribution is -2.05. The van der Waals surface area contributed by atoms with Gasteiger partial charge in [-0.1, -0.05) is 29.4 Å². The predicted molar refractivity (Wildman–Crippen MR) is 110 cm³/mol. The Labute approximate surface area is 174 Å². The molecule has 0 bridgehead atoms. The molecule has 2 aromatic carbocycles. The van der Waals surface area contributed by atoms with Gasteiger partial charge in [0.1, 0.15) is 11.2 Å². The minimum atomic E-state index is -4.36. The topological polar surface area (TPSA) is 51.4 Å². The van der Waals surface area contributed by atoms with Gasteiger partial charge in [0.15, 0.2) is 0 Å². The van der Waals surface area contributed by atoms with Crippen LogP contribution in [0, 0.1) is 0 Å². The molecule has 0 aliphatic carbocycles. The Bertz CT molecular complexity index is 1000. The standard InChI is InChI=1S/C17H14F3N3.C3H4BrNO/c1-23-10-16(21-11-23)14-7-2-3-8-15(14)22-13-6-4-5-12(9-13)17(18,19)20;4-3-1-2-6-5-3/h2-11,22H,1H3;1-2H2. The summed E-state index contributed by atoms with van der Waals surface area (Å²) in [6.07, 6.45) is 0.0984. The molecule has 0 atom stereocenters. The third-order valence-corrected chi connectivity index (χ3v) is 4.48. The number of hydrogen-bond donors (Lipinski definition) is 1. The first-order valence-corrected chi connectivity index (χ1v) is 9.48. The van der Waals surface area contributed by atoms with Crippen molar-refractivity contribution >= 4 is 31.9 Å². The molecule has 152 valence electrons. The van der Waals surface area contributed by atoms with Crippen LogP contribution in [-0.2, 0) is 18.1 Å². The lowest BCUT2D eigenvalue weighted by molar-refractivity contribution is -0.137. The van der Waals surface area contributed by atoms with Crippen molar-refractivity contribution in [1.82, 2.24) is 9.55 Å². The molecular weight excluding hydrogens is 449 g/mol. The zero-order chi connectivity index (χ0) is 20.9. The fourth-order valence-corrected chi connectivity index (χ4v) is 2.85. The van der Waals surface area contributed by atoms with Gasteiger partial charge in [0.25, 0.3) is 0 Å². The molecule has 0 fully saturated rings. The van der Waals surface area contributed by atoms with Crippen molar-refractivity contribution < 1.29 is 18.0 Å². The van der Waals surface area contributed by atoms with Crippen molar-refractivity contribution in [2.45, 2.75) is 12.6 Å². The maximum absolute atomic E-state index is 12.8. The van der Waals surface area contributed by atoms with E-state index in [1.54, 1.807) is 12.4 Å². The van der Waals surface area contributed by atoms with Gasteiger partial charge in [-0.25, -0.2) is 4.98 Å². The predicted octanol–water partition coefficient (Wildman–Crippen LogP) is 5.96. The number of para-hydroxylation sites is 1. The fourth-order valence-electron chi connectivity index (χ4n) is 2.59.